The summed E-state index contributed by atoms with van der Waals surface area (Å²) in [6.45, 7) is 13.9. The normalized spacial score (nSPS) is 51.4. The van der Waals surface area contributed by atoms with Gasteiger partial charge in [-0.05, 0) is 99.7 Å². The van der Waals surface area contributed by atoms with Crippen LogP contribution in [0, 0.1) is 45.3 Å². The fraction of sp³-hybridized carbons (Fsp3) is 0.963. The fourth-order valence-corrected chi connectivity index (χ4v) is 15.5. The van der Waals surface area contributed by atoms with E-state index in [0.717, 1.165) is 18.4 Å². The van der Waals surface area contributed by atoms with Crippen LogP contribution in [0.5, 0.6) is 0 Å². The Kier molecular flexibility index (Phi) is 19.1. The Morgan fingerprint density at radius 1 is 0.577 bits per heavy atom. The summed E-state index contributed by atoms with van der Waals surface area (Å²) in [7, 11) is 0. The van der Waals surface area contributed by atoms with Gasteiger partial charge in [-0.15, -0.1) is 0 Å². The van der Waals surface area contributed by atoms with Crippen LogP contribution < -0.4 is 0 Å². The molecule has 0 bridgehead atoms. The molecule has 78 heavy (non-hydrogen) atoms. The summed E-state index contributed by atoms with van der Waals surface area (Å²) in [6, 6.07) is 0. The number of aliphatic hydroxyl groups is 16. The minimum absolute atomic E-state index is 0.0242. The summed E-state index contributed by atoms with van der Waals surface area (Å²) in [4.78, 5) is 0. The van der Waals surface area contributed by atoms with Crippen molar-refractivity contribution in [3.8, 4) is 0 Å². The molecule has 24 heteroatoms. The van der Waals surface area contributed by atoms with Crippen molar-refractivity contribution < 1.29 is 120 Å². The van der Waals surface area contributed by atoms with E-state index in [1.54, 1.807) is 13.8 Å². The van der Waals surface area contributed by atoms with Crippen LogP contribution in [0.15, 0.2) is 11.6 Å². The molecule has 0 amide bonds. The Morgan fingerprint density at radius 2 is 1.04 bits per heavy atom. The molecule has 4 saturated heterocycles. The highest BCUT2D eigenvalue weighted by molar-refractivity contribution is 5.32. The minimum Gasteiger partial charge on any atom is -0.394 e. The molecule has 4 heterocycles. The quantitative estimate of drug-likeness (QED) is 0.0637. The summed E-state index contributed by atoms with van der Waals surface area (Å²) in [5.74, 6) is 0.307. The SMILES string of the molecule is C[C@H](CC[C@@H](O[C@@H]1O[C@H](CO[C@@H]2O[C@H](CO)[C@@H](O)[C@H](O)[C@H]2O)[C@@H](O)[C@H](O)[C@H]1O)C(C)(C)O)[C@H]1CC[C@@]2(C)[C@H]3CC=C4[C@@H](CC[C@H](O[C@@H]5O[C@H](CO[C@@H]6O[C@H](CO)[C@@H](O)[C@H](O)[C@H]6O)[C@@H](O)[C@H](O)[C@H]5O)C4(C)C)[C@]3(C)[C@H](O)C[C@]12C. The van der Waals surface area contributed by atoms with E-state index in [9.17, 15) is 81.7 Å². The van der Waals surface area contributed by atoms with Crippen LogP contribution in [-0.4, -0.2) is 255 Å². The molecule has 7 fully saturated rings. The van der Waals surface area contributed by atoms with Gasteiger partial charge in [0, 0.05) is 10.8 Å². The molecule has 0 radical (unpaired) electrons. The van der Waals surface area contributed by atoms with Crippen molar-refractivity contribution in [2.75, 3.05) is 26.4 Å². The van der Waals surface area contributed by atoms with Gasteiger partial charge in [0.2, 0.25) is 0 Å². The molecule has 0 spiro atoms. The molecule has 8 rings (SSSR count). The lowest BCUT2D eigenvalue weighted by Gasteiger charge is -2.67. The second-order valence-corrected chi connectivity index (χ2v) is 25.9. The van der Waals surface area contributed by atoms with Crippen LogP contribution in [-0.2, 0) is 37.9 Å². The van der Waals surface area contributed by atoms with E-state index < -0.39 is 184 Å². The first-order chi connectivity index (χ1) is 36.4. The van der Waals surface area contributed by atoms with Crippen molar-refractivity contribution in [1.82, 2.24) is 0 Å². The van der Waals surface area contributed by atoms with Crippen LogP contribution in [0.3, 0.4) is 0 Å². The molecule has 0 unspecified atom stereocenters. The molecule has 4 aliphatic heterocycles. The van der Waals surface area contributed by atoms with E-state index in [0.29, 0.717) is 38.5 Å². The zero-order chi connectivity index (χ0) is 57.5. The van der Waals surface area contributed by atoms with Gasteiger partial charge in [0.1, 0.15) is 97.7 Å². The van der Waals surface area contributed by atoms with Gasteiger partial charge in [-0.2, -0.15) is 0 Å². The average Bonchev–Trinajstić information content (AvgIpc) is 2.95. The second-order valence-electron chi connectivity index (χ2n) is 25.9. The fourth-order valence-electron chi connectivity index (χ4n) is 15.5. The smallest absolute Gasteiger partial charge is 0.187 e. The molecule has 30 atom stereocenters. The summed E-state index contributed by atoms with van der Waals surface area (Å²) >= 11 is 0. The van der Waals surface area contributed by atoms with Crippen LogP contribution in [0.25, 0.3) is 0 Å². The zero-order valence-electron chi connectivity index (χ0n) is 46.1. The average molecular weight is 1130 g/mol. The molecule has 452 valence electrons. The van der Waals surface area contributed by atoms with Gasteiger partial charge in [0.05, 0.1) is 50.3 Å². The topological polar surface area (TPSA) is 398 Å². The van der Waals surface area contributed by atoms with Crippen molar-refractivity contribution in [3.05, 3.63) is 11.6 Å². The summed E-state index contributed by atoms with van der Waals surface area (Å²) in [5.41, 5.74) is -2.02. The number of aliphatic hydroxyl groups excluding tert-OH is 15. The van der Waals surface area contributed by atoms with Crippen LogP contribution >= 0.6 is 0 Å². The third-order valence-electron chi connectivity index (χ3n) is 20.8. The van der Waals surface area contributed by atoms with Crippen LogP contribution in [0.1, 0.15) is 107 Å². The standard InChI is InChI=1S/C54H92O24/c1-22(9-13-33(51(4,5)70)78-49-45(69)41(65)37(61)29(76-49)21-72-47-43(67)39(63)35(59)27(19-56)74-47)23-15-16-52(6)30-12-10-24-25(54(30,8)31(57)17-53(23,52)7)11-14-32(50(24,2)3)77-48-44(68)40(64)36(60)28(75-48)20-71-46-42(66)38(62)34(58)26(18-55)73-46/h10,22-23,25-49,55-70H,9,11-21H2,1-8H3/t22-,23-,25-,26-,27-,28-,29-,30-,31-,32+,33-,34-,35-,36-,37-,38+,39+,40+,41+,42-,43-,44-,45-,46-,47-,48+,49+,52+,53-,54+/m1/s1. The monoisotopic (exact) mass is 1120 g/mol. The minimum atomic E-state index is -1.77. The molecule has 8 aliphatic rings. The van der Waals surface area contributed by atoms with E-state index >= 15 is 0 Å². The number of ether oxygens (including phenoxy) is 8. The first-order valence-electron chi connectivity index (χ1n) is 28.0. The van der Waals surface area contributed by atoms with Gasteiger partial charge in [-0.3, -0.25) is 0 Å². The van der Waals surface area contributed by atoms with Crippen molar-refractivity contribution in [1.29, 1.82) is 0 Å². The van der Waals surface area contributed by atoms with Gasteiger partial charge in [-0.25, -0.2) is 0 Å². The summed E-state index contributed by atoms with van der Waals surface area (Å²) < 4.78 is 46.9. The summed E-state index contributed by atoms with van der Waals surface area (Å²) in [5, 5.41) is 171. The highest BCUT2D eigenvalue weighted by Crippen LogP contribution is 2.75. The van der Waals surface area contributed by atoms with Crippen LogP contribution in [0.4, 0.5) is 0 Å². The molecule has 0 aromatic rings. The third kappa shape index (κ3) is 11.1. The van der Waals surface area contributed by atoms with E-state index in [4.69, 9.17) is 37.9 Å². The van der Waals surface area contributed by atoms with Crippen molar-refractivity contribution in [3.63, 3.8) is 0 Å². The first-order valence-corrected chi connectivity index (χ1v) is 28.0. The first kappa shape index (κ1) is 62.8. The maximum atomic E-state index is 12.7. The summed E-state index contributed by atoms with van der Waals surface area (Å²) in [6.07, 6.45) is -26.2. The predicted molar refractivity (Wildman–Crippen MR) is 268 cm³/mol. The van der Waals surface area contributed by atoms with Gasteiger partial charge in [-0.1, -0.05) is 53.2 Å². The Morgan fingerprint density at radius 3 is 1.54 bits per heavy atom. The van der Waals surface area contributed by atoms with E-state index in [-0.39, 0.29) is 34.5 Å². The lowest BCUT2D eigenvalue weighted by Crippen LogP contribution is -2.65. The maximum Gasteiger partial charge on any atom is 0.187 e. The van der Waals surface area contributed by atoms with Gasteiger partial charge >= 0.3 is 0 Å². The Labute approximate surface area is 455 Å². The number of hydrogen-bond donors (Lipinski definition) is 16. The van der Waals surface area contributed by atoms with Crippen molar-refractivity contribution in [2.45, 2.75) is 253 Å². The number of fused-ring (bicyclic) bond motifs is 5. The third-order valence-corrected chi connectivity index (χ3v) is 20.8. The number of hydrogen-bond acceptors (Lipinski definition) is 24. The predicted octanol–water partition coefficient (Wildman–Crippen LogP) is -3.23. The maximum absolute atomic E-state index is 12.7. The van der Waals surface area contributed by atoms with E-state index in [1.165, 1.54) is 0 Å². The molecule has 0 aromatic carbocycles. The van der Waals surface area contributed by atoms with Crippen molar-refractivity contribution >= 4 is 0 Å². The van der Waals surface area contributed by atoms with E-state index in [2.05, 4.69) is 47.6 Å². The highest BCUT2D eigenvalue weighted by atomic mass is 16.7. The molecule has 3 saturated carbocycles. The van der Waals surface area contributed by atoms with Crippen LogP contribution in [0.2, 0.25) is 0 Å². The highest BCUT2D eigenvalue weighted by Gasteiger charge is 2.70. The molecule has 16 N–H and O–H groups in total. The number of rotatable bonds is 17. The zero-order valence-corrected chi connectivity index (χ0v) is 46.1. The molecule has 24 nitrogen and oxygen atoms in total. The van der Waals surface area contributed by atoms with Gasteiger partial charge < -0.3 is 120 Å². The van der Waals surface area contributed by atoms with E-state index in [1.807, 2.05) is 0 Å². The molecular weight excluding hydrogens is 1030 g/mol. The van der Waals surface area contributed by atoms with Gasteiger partial charge in [0.25, 0.3) is 0 Å². The lowest BCUT2D eigenvalue weighted by atomic mass is 9.38. The second kappa shape index (κ2) is 23.7. The Bertz CT molecular complexity index is 2030. The molecular formula is C54H92O24. The largest absolute Gasteiger partial charge is 0.394 e. The lowest BCUT2D eigenvalue weighted by molar-refractivity contribution is -0.341. The molecule has 4 aliphatic carbocycles. The number of allylic oxidation sites excluding steroid dienone is 1. The van der Waals surface area contributed by atoms with Gasteiger partial charge in [0.15, 0.2) is 25.2 Å². The molecule has 0 aromatic heterocycles. The van der Waals surface area contributed by atoms with Crippen molar-refractivity contribution in [2.24, 2.45) is 45.3 Å². The Balaban J connectivity index is 0.909. The Hall–Kier alpha value is -1.22.